The van der Waals surface area contributed by atoms with Crippen molar-refractivity contribution < 1.29 is 9.90 Å². The zero-order chi connectivity index (χ0) is 15.6. The van der Waals surface area contributed by atoms with E-state index in [0.29, 0.717) is 20.4 Å². The van der Waals surface area contributed by atoms with Crippen molar-refractivity contribution in [2.75, 3.05) is 11.9 Å². The summed E-state index contributed by atoms with van der Waals surface area (Å²) in [5.41, 5.74) is 7.40. The number of anilines is 1. The predicted octanol–water partition coefficient (Wildman–Crippen LogP) is 2.91. The van der Waals surface area contributed by atoms with Crippen molar-refractivity contribution in [2.24, 2.45) is 5.73 Å². The van der Waals surface area contributed by atoms with Crippen LogP contribution in [0.3, 0.4) is 0 Å². The molecule has 0 spiro atoms. The molecule has 108 valence electrons. The molecule has 0 bridgehead atoms. The van der Waals surface area contributed by atoms with Gasteiger partial charge in [0.15, 0.2) is 0 Å². The molecule has 0 fully saturated rings. The second kappa shape index (κ2) is 6.40. The number of phenolic OH excluding ortho intramolecular Hbond substituents is 1. The fraction of sp³-hybridized carbons (Fsp3) is 0.0667. The van der Waals surface area contributed by atoms with Gasteiger partial charge in [0.2, 0.25) is 0 Å². The molecule has 4 nitrogen and oxygen atoms in total. The summed E-state index contributed by atoms with van der Waals surface area (Å²) < 4.78 is 0.697. The summed E-state index contributed by atoms with van der Waals surface area (Å²) >= 11 is 6.94. The second-order valence-electron chi connectivity index (χ2n) is 4.44. The third kappa shape index (κ3) is 3.51. The molecule has 0 radical (unpaired) electrons. The first-order valence-corrected chi connectivity index (χ1v) is 7.55. The van der Waals surface area contributed by atoms with E-state index in [4.69, 9.17) is 18.0 Å². The molecule has 1 amide bonds. The number of phenols is 1. The van der Waals surface area contributed by atoms with Gasteiger partial charge >= 0.3 is 0 Å². The molecule has 0 aliphatic heterocycles. The number of benzene rings is 2. The number of aromatic hydroxyl groups is 1. The maximum Gasteiger partial charge on any atom is 0.258 e. The molecule has 0 saturated heterocycles. The van der Waals surface area contributed by atoms with Gasteiger partial charge in [-0.15, -0.1) is 0 Å². The Labute approximate surface area is 141 Å². The van der Waals surface area contributed by atoms with Crippen molar-refractivity contribution in [3.05, 3.63) is 57.2 Å². The zero-order valence-corrected chi connectivity index (χ0v) is 14.2. The molecule has 2 aromatic carbocycles. The van der Waals surface area contributed by atoms with Crippen molar-refractivity contribution in [3.8, 4) is 5.75 Å². The summed E-state index contributed by atoms with van der Waals surface area (Å²) in [6, 6.07) is 12.0. The number of hydrogen-bond acceptors (Lipinski definition) is 3. The first kappa shape index (κ1) is 15.7. The Hall–Kier alpha value is -1.67. The molecule has 2 rings (SSSR count). The lowest BCUT2D eigenvalue weighted by molar-refractivity contribution is 0.0992. The van der Waals surface area contributed by atoms with E-state index in [1.165, 1.54) is 11.0 Å². The first-order chi connectivity index (χ1) is 9.90. The normalized spacial score (nSPS) is 10.2. The average Bonchev–Trinajstić information content (AvgIpc) is 2.48. The van der Waals surface area contributed by atoms with Crippen LogP contribution >= 0.6 is 34.8 Å². The number of thiocarbonyl (C=S) groups is 1. The summed E-state index contributed by atoms with van der Waals surface area (Å²) in [5.74, 6) is -0.131. The van der Waals surface area contributed by atoms with E-state index < -0.39 is 0 Å². The highest BCUT2D eigenvalue weighted by atomic mass is 127. The van der Waals surface area contributed by atoms with Crippen LogP contribution in [0.1, 0.15) is 15.9 Å². The lowest BCUT2D eigenvalue weighted by Gasteiger charge is -2.18. The van der Waals surface area contributed by atoms with E-state index >= 15 is 0 Å². The third-order valence-corrected chi connectivity index (χ3v) is 4.16. The highest BCUT2D eigenvalue weighted by molar-refractivity contribution is 14.1. The molecule has 0 saturated carbocycles. The van der Waals surface area contributed by atoms with Gasteiger partial charge in [0.1, 0.15) is 10.7 Å². The maximum absolute atomic E-state index is 12.4. The van der Waals surface area contributed by atoms with Crippen molar-refractivity contribution in [1.29, 1.82) is 0 Å². The molecule has 0 unspecified atom stereocenters. The van der Waals surface area contributed by atoms with Gasteiger partial charge in [-0.3, -0.25) is 4.79 Å². The van der Waals surface area contributed by atoms with Crippen molar-refractivity contribution in [1.82, 2.24) is 0 Å². The second-order valence-corrected chi connectivity index (χ2v) is 6.05. The zero-order valence-electron chi connectivity index (χ0n) is 11.2. The highest BCUT2D eigenvalue weighted by Crippen LogP contribution is 2.23. The minimum Gasteiger partial charge on any atom is -0.507 e. The van der Waals surface area contributed by atoms with Crippen molar-refractivity contribution >= 4 is 51.4 Å². The fourth-order valence-electron chi connectivity index (χ4n) is 1.82. The number of amides is 1. The molecule has 21 heavy (non-hydrogen) atoms. The van der Waals surface area contributed by atoms with E-state index in [1.807, 2.05) is 22.6 Å². The van der Waals surface area contributed by atoms with E-state index in [9.17, 15) is 9.90 Å². The molecule has 0 aliphatic rings. The Bertz CT molecular complexity index is 719. The Morgan fingerprint density at radius 2 is 1.95 bits per heavy atom. The summed E-state index contributed by atoms with van der Waals surface area (Å²) in [7, 11) is 1.66. The number of halogens is 1. The molecular formula is C15H13IN2O2S. The number of carbonyl (C=O) groups is 1. The van der Waals surface area contributed by atoms with Gasteiger partial charge in [0.05, 0.1) is 3.57 Å². The van der Waals surface area contributed by atoms with Crippen LogP contribution in [0.4, 0.5) is 5.69 Å². The van der Waals surface area contributed by atoms with Gasteiger partial charge in [-0.25, -0.2) is 0 Å². The molecule has 3 N–H and O–H groups in total. The molecule has 0 aliphatic carbocycles. The number of rotatable bonds is 3. The van der Waals surface area contributed by atoms with Crippen molar-refractivity contribution in [2.45, 2.75) is 0 Å². The van der Waals surface area contributed by atoms with Gasteiger partial charge in [-0.2, -0.15) is 0 Å². The lowest BCUT2D eigenvalue weighted by Crippen LogP contribution is -2.26. The average molecular weight is 412 g/mol. The topological polar surface area (TPSA) is 66.6 Å². The Balaban J connectivity index is 2.32. The number of nitrogens with two attached hydrogens (primary N) is 1. The summed E-state index contributed by atoms with van der Waals surface area (Å²) in [4.78, 5) is 14.2. The van der Waals surface area contributed by atoms with Crippen LogP contribution in [-0.2, 0) is 0 Å². The highest BCUT2D eigenvalue weighted by Gasteiger charge is 2.15. The number of carbonyl (C=O) groups excluding carboxylic acids is 1. The van der Waals surface area contributed by atoms with Crippen LogP contribution in [0.15, 0.2) is 42.5 Å². The number of hydrogen-bond donors (Lipinski definition) is 2. The van der Waals surface area contributed by atoms with Crippen LogP contribution in [0.5, 0.6) is 5.75 Å². The third-order valence-electron chi connectivity index (χ3n) is 3.02. The van der Waals surface area contributed by atoms with Crippen LogP contribution < -0.4 is 10.6 Å². The standard InChI is InChI=1S/C15H13IN2O2S/c1-18(11-4-2-3-9(7-11)14(17)21)15(20)10-5-6-12(16)13(19)8-10/h2-8,19H,1H3,(H2,17,21). The summed E-state index contributed by atoms with van der Waals surface area (Å²) in [5, 5.41) is 9.71. The van der Waals surface area contributed by atoms with Gasteiger partial charge in [-0.05, 0) is 52.9 Å². The Morgan fingerprint density at radius 3 is 2.57 bits per heavy atom. The van der Waals surface area contributed by atoms with Gasteiger partial charge in [0, 0.05) is 23.9 Å². The SMILES string of the molecule is CN(C(=O)c1ccc(I)c(O)c1)c1cccc(C(N)=S)c1. The predicted molar refractivity (Wildman–Crippen MR) is 95.9 cm³/mol. The molecule has 0 atom stereocenters. The Morgan fingerprint density at radius 1 is 1.24 bits per heavy atom. The van der Waals surface area contributed by atoms with E-state index in [2.05, 4.69) is 0 Å². The molecule has 0 aromatic heterocycles. The summed E-state index contributed by atoms with van der Waals surface area (Å²) in [6.45, 7) is 0. The van der Waals surface area contributed by atoms with Crippen LogP contribution in [0, 0.1) is 3.57 Å². The van der Waals surface area contributed by atoms with Gasteiger partial charge in [-0.1, -0.05) is 24.4 Å². The maximum atomic E-state index is 12.4. The van der Waals surface area contributed by atoms with Gasteiger partial charge < -0.3 is 15.7 Å². The van der Waals surface area contributed by atoms with E-state index in [1.54, 1.807) is 43.4 Å². The number of nitrogens with zero attached hydrogens (tertiary/aromatic N) is 1. The largest absolute Gasteiger partial charge is 0.507 e. The minimum absolute atomic E-state index is 0.0896. The van der Waals surface area contributed by atoms with E-state index in [-0.39, 0.29) is 16.6 Å². The Kier molecular flexibility index (Phi) is 4.79. The molecule has 0 heterocycles. The first-order valence-electron chi connectivity index (χ1n) is 6.06. The quantitative estimate of drug-likeness (QED) is 0.601. The van der Waals surface area contributed by atoms with Crippen molar-refractivity contribution in [3.63, 3.8) is 0 Å². The summed E-state index contributed by atoms with van der Waals surface area (Å²) in [6.07, 6.45) is 0. The smallest absolute Gasteiger partial charge is 0.258 e. The van der Waals surface area contributed by atoms with Crippen LogP contribution in [0.25, 0.3) is 0 Å². The molecular weight excluding hydrogens is 399 g/mol. The molecule has 2 aromatic rings. The van der Waals surface area contributed by atoms with Gasteiger partial charge in [0.25, 0.3) is 5.91 Å². The van der Waals surface area contributed by atoms with Crippen LogP contribution in [0.2, 0.25) is 0 Å². The van der Waals surface area contributed by atoms with Crippen LogP contribution in [-0.4, -0.2) is 23.0 Å². The van der Waals surface area contributed by atoms with E-state index in [0.717, 1.165) is 0 Å². The fourth-order valence-corrected chi connectivity index (χ4v) is 2.29. The minimum atomic E-state index is -0.221. The lowest BCUT2D eigenvalue weighted by atomic mass is 10.1. The molecule has 6 heteroatoms. The monoisotopic (exact) mass is 412 g/mol.